The Balaban J connectivity index is 2.28. The summed E-state index contributed by atoms with van der Waals surface area (Å²) in [5.74, 6) is 0.0118. The van der Waals surface area contributed by atoms with E-state index in [-0.39, 0.29) is 5.75 Å². The second-order valence-corrected chi connectivity index (χ2v) is 4.91. The van der Waals surface area contributed by atoms with E-state index >= 15 is 0 Å². The number of rotatable bonds is 7. The van der Waals surface area contributed by atoms with Crippen molar-refractivity contribution in [1.29, 1.82) is 0 Å². The Hall–Kier alpha value is -1.87. The zero-order valence-electron chi connectivity index (χ0n) is 11.1. The molecular weight excluding hydrogens is 284 g/mol. The zero-order valence-corrected chi connectivity index (χ0v) is 11.9. The van der Waals surface area contributed by atoms with Gasteiger partial charge in [0.15, 0.2) is 5.16 Å². The van der Waals surface area contributed by atoms with Crippen molar-refractivity contribution in [2.75, 3.05) is 19.5 Å². The molecule has 108 valence electrons. The van der Waals surface area contributed by atoms with Gasteiger partial charge in [0.05, 0.1) is 24.6 Å². The quantitative estimate of drug-likeness (QED) is 0.757. The average molecular weight is 298 g/mol. The van der Waals surface area contributed by atoms with Gasteiger partial charge >= 0.3 is 5.97 Å². The van der Waals surface area contributed by atoms with Crippen molar-refractivity contribution in [2.45, 2.75) is 18.6 Å². The number of hydrogen-bond donors (Lipinski definition) is 1. The number of hydrogen-bond acceptors (Lipinski definition) is 7. The highest BCUT2D eigenvalue weighted by Gasteiger charge is 2.18. The fraction of sp³-hybridized carbons (Fsp3) is 0.455. The fourth-order valence-corrected chi connectivity index (χ4v) is 2.24. The van der Waals surface area contributed by atoms with E-state index in [1.165, 1.54) is 0 Å². The molecule has 0 radical (unpaired) electrons. The highest BCUT2D eigenvalue weighted by molar-refractivity contribution is 7.99. The van der Waals surface area contributed by atoms with Gasteiger partial charge in [-0.05, 0) is 6.92 Å². The molecule has 0 aromatic carbocycles. The third-order valence-corrected chi connectivity index (χ3v) is 3.36. The summed E-state index contributed by atoms with van der Waals surface area (Å²) in [4.78, 5) is 10.6. The molecule has 8 nitrogen and oxygen atoms in total. The SMILES string of the molecule is COCCn1c(SCC(=O)O)nnc1-c1cc(C)no1. The lowest BCUT2D eigenvalue weighted by Crippen LogP contribution is -2.08. The molecule has 0 aliphatic heterocycles. The molecule has 0 aliphatic rings. The van der Waals surface area contributed by atoms with Gasteiger partial charge in [0.1, 0.15) is 0 Å². The van der Waals surface area contributed by atoms with Crippen LogP contribution in [0.25, 0.3) is 11.6 Å². The maximum atomic E-state index is 10.6. The molecule has 20 heavy (non-hydrogen) atoms. The number of carboxylic acids is 1. The van der Waals surface area contributed by atoms with Gasteiger partial charge in [-0.3, -0.25) is 9.36 Å². The highest BCUT2D eigenvalue weighted by Crippen LogP contribution is 2.24. The highest BCUT2D eigenvalue weighted by atomic mass is 32.2. The van der Waals surface area contributed by atoms with E-state index in [9.17, 15) is 4.79 Å². The van der Waals surface area contributed by atoms with Crippen LogP contribution in [0, 0.1) is 6.92 Å². The first-order chi connectivity index (χ1) is 9.61. The summed E-state index contributed by atoms with van der Waals surface area (Å²) in [6.45, 7) is 2.77. The smallest absolute Gasteiger partial charge is 0.313 e. The van der Waals surface area contributed by atoms with Gasteiger partial charge in [0.25, 0.3) is 0 Å². The normalized spacial score (nSPS) is 10.9. The molecule has 0 saturated heterocycles. The van der Waals surface area contributed by atoms with Gasteiger partial charge in [0, 0.05) is 13.2 Å². The second kappa shape index (κ2) is 6.53. The molecule has 0 aliphatic carbocycles. The number of carbonyl (C=O) groups is 1. The first-order valence-corrected chi connectivity index (χ1v) is 6.80. The van der Waals surface area contributed by atoms with Crippen molar-refractivity contribution in [3.63, 3.8) is 0 Å². The minimum atomic E-state index is -0.909. The predicted octanol–water partition coefficient (Wildman–Crippen LogP) is 1.06. The van der Waals surface area contributed by atoms with Crippen LogP contribution in [0.4, 0.5) is 0 Å². The summed E-state index contributed by atoms with van der Waals surface area (Å²) in [6.07, 6.45) is 0. The van der Waals surface area contributed by atoms with Crippen molar-refractivity contribution in [1.82, 2.24) is 19.9 Å². The fourth-order valence-electron chi connectivity index (χ4n) is 1.56. The van der Waals surface area contributed by atoms with E-state index in [0.717, 1.165) is 17.5 Å². The number of ether oxygens (including phenoxy) is 1. The standard InChI is InChI=1S/C11H14N4O4S/c1-7-5-8(19-14-7)10-12-13-11(20-6-9(16)17)15(10)3-4-18-2/h5H,3-4,6H2,1-2H3,(H,16,17). The summed E-state index contributed by atoms with van der Waals surface area (Å²) in [5, 5.41) is 21.1. The largest absolute Gasteiger partial charge is 0.481 e. The van der Waals surface area contributed by atoms with Crippen molar-refractivity contribution in [3.05, 3.63) is 11.8 Å². The first kappa shape index (κ1) is 14.5. The minimum absolute atomic E-state index is 0.0828. The van der Waals surface area contributed by atoms with Gasteiger partial charge < -0.3 is 14.4 Å². The van der Waals surface area contributed by atoms with E-state index in [2.05, 4.69) is 15.4 Å². The lowest BCUT2D eigenvalue weighted by molar-refractivity contribution is -0.133. The zero-order chi connectivity index (χ0) is 14.5. The van der Waals surface area contributed by atoms with Crippen LogP contribution in [0.2, 0.25) is 0 Å². The van der Waals surface area contributed by atoms with Gasteiger partial charge in [-0.2, -0.15) is 0 Å². The molecule has 1 N–H and O–H groups in total. The number of carboxylic acid groups (broad SMARTS) is 1. The number of nitrogens with zero attached hydrogens (tertiary/aromatic N) is 4. The van der Waals surface area contributed by atoms with Crippen molar-refractivity contribution in [3.8, 4) is 11.6 Å². The molecule has 2 aromatic rings. The Morgan fingerprint density at radius 3 is 2.95 bits per heavy atom. The summed E-state index contributed by atoms with van der Waals surface area (Å²) < 4.78 is 12.0. The van der Waals surface area contributed by atoms with Crippen molar-refractivity contribution in [2.24, 2.45) is 0 Å². The third kappa shape index (κ3) is 3.36. The minimum Gasteiger partial charge on any atom is -0.481 e. The van der Waals surface area contributed by atoms with Crippen LogP contribution in [-0.2, 0) is 16.1 Å². The molecule has 0 atom stereocenters. The Labute approximate surface area is 119 Å². The van der Waals surface area contributed by atoms with E-state index in [0.29, 0.717) is 29.9 Å². The number of methoxy groups -OCH3 is 1. The van der Waals surface area contributed by atoms with Crippen molar-refractivity contribution < 1.29 is 19.2 Å². The molecule has 2 aromatic heterocycles. The molecule has 0 fully saturated rings. The lowest BCUT2D eigenvalue weighted by Gasteiger charge is -2.07. The Morgan fingerprint density at radius 1 is 1.55 bits per heavy atom. The molecule has 0 unspecified atom stereocenters. The molecule has 9 heteroatoms. The Bertz CT molecular complexity index is 595. The van der Waals surface area contributed by atoms with E-state index < -0.39 is 5.97 Å². The van der Waals surface area contributed by atoms with Crippen LogP contribution in [0.3, 0.4) is 0 Å². The Kier molecular flexibility index (Phi) is 4.74. The molecule has 0 spiro atoms. The van der Waals surface area contributed by atoms with E-state index in [1.807, 2.05) is 6.92 Å². The number of aryl methyl sites for hydroxylation is 1. The summed E-state index contributed by atoms with van der Waals surface area (Å²) in [6, 6.07) is 1.75. The number of aliphatic carboxylic acids is 1. The molecular formula is C11H14N4O4S. The van der Waals surface area contributed by atoms with Crippen LogP contribution in [-0.4, -0.2) is 50.5 Å². The van der Waals surface area contributed by atoms with Crippen LogP contribution in [0.1, 0.15) is 5.69 Å². The van der Waals surface area contributed by atoms with Gasteiger partial charge in [-0.1, -0.05) is 16.9 Å². The third-order valence-electron chi connectivity index (χ3n) is 2.41. The van der Waals surface area contributed by atoms with Crippen LogP contribution >= 0.6 is 11.8 Å². The summed E-state index contributed by atoms with van der Waals surface area (Å²) in [5.41, 5.74) is 0.737. The summed E-state index contributed by atoms with van der Waals surface area (Å²) >= 11 is 1.10. The lowest BCUT2D eigenvalue weighted by atomic mass is 10.3. The van der Waals surface area contributed by atoms with Gasteiger partial charge in [-0.25, -0.2) is 0 Å². The van der Waals surface area contributed by atoms with Crippen LogP contribution in [0.5, 0.6) is 0 Å². The first-order valence-electron chi connectivity index (χ1n) is 5.82. The van der Waals surface area contributed by atoms with Gasteiger partial charge in [-0.15, -0.1) is 10.2 Å². The van der Waals surface area contributed by atoms with Crippen LogP contribution in [0.15, 0.2) is 15.7 Å². The maximum absolute atomic E-state index is 10.6. The molecule has 2 rings (SSSR count). The number of aromatic nitrogens is 4. The molecule has 0 amide bonds. The predicted molar refractivity (Wildman–Crippen MR) is 70.5 cm³/mol. The average Bonchev–Trinajstić information content (AvgIpc) is 2.99. The van der Waals surface area contributed by atoms with Crippen molar-refractivity contribution >= 4 is 17.7 Å². The second-order valence-electron chi connectivity index (χ2n) is 3.97. The van der Waals surface area contributed by atoms with Gasteiger partial charge in [0.2, 0.25) is 11.6 Å². The summed E-state index contributed by atoms with van der Waals surface area (Å²) in [7, 11) is 1.59. The maximum Gasteiger partial charge on any atom is 0.313 e. The Morgan fingerprint density at radius 2 is 2.35 bits per heavy atom. The molecule has 2 heterocycles. The van der Waals surface area contributed by atoms with E-state index in [1.54, 1.807) is 17.7 Å². The topological polar surface area (TPSA) is 103 Å². The van der Waals surface area contributed by atoms with Crippen LogP contribution < -0.4 is 0 Å². The molecule has 0 saturated carbocycles. The number of thioether (sulfide) groups is 1. The monoisotopic (exact) mass is 298 g/mol. The molecule has 0 bridgehead atoms. The van der Waals surface area contributed by atoms with E-state index in [4.69, 9.17) is 14.4 Å².